The molecule has 3 aromatic rings. The van der Waals surface area contributed by atoms with Gasteiger partial charge in [0.15, 0.2) is 0 Å². The number of hydrogen-bond acceptors (Lipinski definition) is 6. The lowest BCUT2D eigenvalue weighted by Crippen LogP contribution is -2.31. The number of Topliss-reactive ketones (excluding diaryl/α,β-unsaturated/α-hetero) is 1. The molecule has 1 saturated heterocycles. The van der Waals surface area contributed by atoms with Crippen LogP contribution in [0.25, 0.3) is 5.76 Å². The second-order valence-electron chi connectivity index (χ2n) is 9.11. The Bertz CT molecular complexity index is 1310. The Balaban J connectivity index is 1.54. The Morgan fingerprint density at radius 1 is 1.19 bits per heavy atom. The molecule has 8 nitrogen and oxygen atoms in total. The monoisotopic (exact) mass is 487 g/mol. The Morgan fingerprint density at radius 2 is 2.06 bits per heavy atom. The van der Waals surface area contributed by atoms with Crippen molar-refractivity contribution in [2.24, 2.45) is 0 Å². The van der Waals surface area contributed by atoms with Gasteiger partial charge in [0.05, 0.1) is 24.5 Å². The van der Waals surface area contributed by atoms with E-state index in [0.717, 1.165) is 17.7 Å². The summed E-state index contributed by atoms with van der Waals surface area (Å²) in [4.78, 5) is 32.2. The number of nitrogens with zero attached hydrogens (tertiary/aromatic N) is 3. The van der Waals surface area contributed by atoms with Crippen molar-refractivity contribution in [1.82, 2.24) is 14.5 Å². The molecule has 2 aromatic carbocycles. The van der Waals surface area contributed by atoms with Gasteiger partial charge in [-0.1, -0.05) is 12.1 Å². The zero-order valence-corrected chi connectivity index (χ0v) is 20.4. The average Bonchev–Trinajstić information content (AvgIpc) is 3.58. The Hall–Kier alpha value is -4.07. The number of imidazole rings is 1. The van der Waals surface area contributed by atoms with Crippen LogP contribution in [0.3, 0.4) is 0 Å². The van der Waals surface area contributed by atoms with Gasteiger partial charge in [-0.3, -0.25) is 9.59 Å². The molecule has 8 heteroatoms. The summed E-state index contributed by atoms with van der Waals surface area (Å²) < 4.78 is 13.4. The molecular weight excluding hydrogens is 458 g/mol. The summed E-state index contributed by atoms with van der Waals surface area (Å²) in [6, 6.07) is 12.0. The highest BCUT2D eigenvalue weighted by Gasteiger charge is 2.46. The summed E-state index contributed by atoms with van der Waals surface area (Å²) in [6.07, 6.45) is 6.68. The van der Waals surface area contributed by atoms with E-state index in [-0.39, 0.29) is 17.4 Å². The number of ketones is 1. The maximum Gasteiger partial charge on any atom is 0.295 e. The van der Waals surface area contributed by atoms with Gasteiger partial charge in [0, 0.05) is 37.5 Å². The van der Waals surface area contributed by atoms with Gasteiger partial charge in [-0.25, -0.2) is 4.98 Å². The van der Waals surface area contributed by atoms with Gasteiger partial charge in [0.25, 0.3) is 11.7 Å². The number of rotatable bonds is 8. The van der Waals surface area contributed by atoms with Crippen LogP contribution in [0.2, 0.25) is 0 Å². The minimum Gasteiger partial charge on any atom is -0.507 e. The van der Waals surface area contributed by atoms with Crippen molar-refractivity contribution in [3.05, 3.63) is 83.4 Å². The summed E-state index contributed by atoms with van der Waals surface area (Å²) in [5.41, 5.74) is 2.26. The standard InChI is InChI=1S/C28H29N3O5/c1-3-35-22-7-4-6-19(16-22)25-24(26(32)20-8-9-23-21(15-20)14-18(2)36-23)27(33)28(34)31(25)12-5-11-30-13-10-29-17-30/h4,6-10,13,15-18,25,32H,3,5,11-12,14H2,1-2H3/b26-24+/t18-,25+/m0/s1. The zero-order valence-electron chi connectivity index (χ0n) is 20.4. The first-order chi connectivity index (χ1) is 17.5. The normalized spacial score (nSPS) is 20.4. The Labute approximate surface area is 209 Å². The number of aromatic nitrogens is 2. The van der Waals surface area contributed by atoms with Gasteiger partial charge in [0.2, 0.25) is 0 Å². The lowest BCUT2D eigenvalue weighted by molar-refractivity contribution is -0.139. The fraction of sp³-hybridized carbons (Fsp3) is 0.321. The highest BCUT2D eigenvalue weighted by molar-refractivity contribution is 6.46. The second kappa shape index (κ2) is 9.89. The molecule has 2 atom stereocenters. The third-order valence-corrected chi connectivity index (χ3v) is 6.57. The van der Waals surface area contributed by atoms with Crippen molar-refractivity contribution in [2.45, 2.75) is 45.4 Å². The average molecular weight is 488 g/mol. The lowest BCUT2D eigenvalue weighted by Gasteiger charge is -2.26. The molecule has 5 rings (SSSR count). The molecule has 1 aromatic heterocycles. The SMILES string of the molecule is CCOc1cccc([C@@H]2/C(=C(\O)c3ccc4c(c3)C[C@H](C)O4)C(=O)C(=O)N2CCCn2ccnc2)c1. The topological polar surface area (TPSA) is 93.9 Å². The molecule has 2 aliphatic heterocycles. The van der Waals surface area contributed by atoms with Gasteiger partial charge in [-0.2, -0.15) is 0 Å². The van der Waals surface area contributed by atoms with Crippen molar-refractivity contribution >= 4 is 17.4 Å². The van der Waals surface area contributed by atoms with Crippen LogP contribution in [0, 0.1) is 0 Å². The maximum absolute atomic E-state index is 13.3. The van der Waals surface area contributed by atoms with E-state index in [0.29, 0.717) is 43.0 Å². The van der Waals surface area contributed by atoms with E-state index in [1.165, 1.54) is 0 Å². The van der Waals surface area contributed by atoms with Crippen LogP contribution in [-0.4, -0.2) is 50.5 Å². The molecule has 3 heterocycles. The summed E-state index contributed by atoms with van der Waals surface area (Å²) >= 11 is 0. The number of likely N-dealkylation sites (tertiary alicyclic amines) is 1. The van der Waals surface area contributed by atoms with Crippen LogP contribution in [-0.2, 0) is 22.6 Å². The summed E-state index contributed by atoms with van der Waals surface area (Å²) in [6.45, 7) is 5.37. The molecule has 0 aliphatic carbocycles. The highest BCUT2D eigenvalue weighted by Crippen LogP contribution is 2.41. The number of fused-ring (bicyclic) bond motifs is 1. The third-order valence-electron chi connectivity index (χ3n) is 6.57. The quantitative estimate of drug-likeness (QED) is 0.292. The minimum atomic E-state index is -0.725. The first-order valence-electron chi connectivity index (χ1n) is 12.2. The molecule has 36 heavy (non-hydrogen) atoms. The second-order valence-corrected chi connectivity index (χ2v) is 9.11. The van der Waals surface area contributed by atoms with Gasteiger partial charge >= 0.3 is 0 Å². The number of aryl methyl sites for hydroxylation is 1. The molecule has 1 amide bonds. The van der Waals surface area contributed by atoms with Gasteiger partial charge in [0.1, 0.15) is 23.4 Å². The van der Waals surface area contributed by atoms with Crippen LogP contribution in [0.4, 0.5) is 0 Å². The molecular formula is C28H29N3O5. The predicted octanol–water partition coefficient (Wildman–Crippen LogP) is 4.12. The number of aliphatic hydroxyl groups excluding tert-OH is 1. The van der Waals surface area contributed by atoms with Crippen LogP contribution in [0.5, 0.6) is 11.5 Å². The van der Waals surface area contributed by atoms with Crippen molar-refractivity contribution in [2.75, 3.05) is 13.2 Å². The summed E-state index contributed by atoms with van der Waals surface area (Å²) in [7, 11) is 0. The van der Waals surface area contributed by atoms with Gasteiger partial charge < -0.3 is 24.0 Å². The van der Waals surface area contributed by atoms with E-state index >= 15 is 0 Å². The van der Waals surface area contributed by atoms with Crippen molar-refractivity contribution < 1.29 is 24.2 Å². The van der Waals surface area contributed by atoms with Crippen LogP contribution < -0.4 is 9.47 Å². The molecule has 0 bridgehead atoms. The van der Waals surface area contributed by atoms with E-state index < -0.39 is 17.7 Å². The fourth-order valence-corrected chi connectivity index (χ4v) is 4.97. The van der Waals surface area contributed by atoms with Crippen LogP contribution >= 0.6 is 0 Å². The molecule has 0 radical (unpaired) electrons. The van der Waals surface area contributed by atoms with E-state index in [1.54, 1.807) is 29.6 Å². The first kappa shape index (κ1) is 23.7. The summed E-state index contributed by atoms with van der Waals surface area (Å²) in [5.74, 6) is -0.0681. The predicted molar refractivity (Wildman–Crippen MR) is 134 cm³/mol. The van der Waals surface area contributed by atoms with E-state index in [2.05, 4.69) is 4.98 Å². The van der Waals surface area contributed by atoms with E-state index in [9.17, 15) is 14.7 Å². The molecule has 0 unspecified atom stereocenters. The molecule has 0 saturated carbocycles. The lowest BCUT2D eigenvalue weighted by atomic mass is 9.94. The summed E-state index contributed by atoms with van der Waals surface area (Å²) in [5, 5.41) is 11.4. The Morgan fingerprint density at radius 3 is 2.83 bits per heavy atom. The fourth-order valence-electron chi connectivity index (χ4n) is 4.97. The number of hydrogen-bond donors (Lipinski definition) is 1. The molecule has 1 fully saturated rings. The molecule has 2 aliphatic rings. The maximum atomic E-state index is 13.3. The minimum absolute atomic E-state index is 0.0554. The van der Waals surface area contributed by atoms with Crippen molar-refractivity contribution in [3.8, 4) is 11.5 Å². The Kier molecular flexibility index (Phi) is 6.50. The largest absolute Gasteiger partial charge is 0.507 e. The molecule has 0 spiro atoms. The smallest absolute Gasteiger partial charge is 0.295 e. The van der Waals surface area contributed by atoms with Gasteiger partial charge in [-0.15, -0.1) is 0 Å². The van der Waals surface area contributed by atoms with E-state index in [1.807, 2.05) is 54.9 Å². The highest BCUT2D eigenvalue weighted by atomic mass is 16.5. The number of carbonyl (C=O) groups excluding carboxylic acids is 2. The number of aliphatic hydroxyl groups is 1. The van der Waals surface area contributed by atoms with Crippen LogP contribution in [0.1, 0.15) is 43.0 Å². The number of carbonyl (C=O) groups is 2. The van der Waals surface area contributed by atoms with E-state index in [4.69, 9.17) is 9.47 Å². The zero-order chi connectivity index (χ0) is 25.2. The first-order valence-corrected chi connectivity index (χ1v) is 12.2. The van der Waals surface area contributed by atoms with Crippen molar-refractivity contribution in [3.63, 3.8) is 0 Å². The van der Waals surface area contributed by atoms with Crippen LogP contribution in [0.15, 0.2) is 66.8 Å². The molecule has 186 valence electrons. The molecule has 1 N–H and O–H groups in total. The third kappa shape index (κ3) is 4.46. The van der Waals surface area contributed by atoms with Gasteiger partial charge in [-0.05, 0) is 61.7 Å². The number of benzene rings is 2. The number of ether oxygens (including phenoxy) is 2. The number of amides is 1. The van der Waals surface area contributed by atoms with Crippen molar-refractivity contribution in [1.29, 1.82) is 0 Å².